The minimum absolute atomic E-state index is 0.116. The molecule has 3 aromatic rings. The minimum atomic E-state index is -0.180. The quantitative estimate of drug-likeness (QED) is 0.745. The van der Waals surface area contributed by atoms with Gasteiger partial charge in [-0.05, 0) is 6.07 Å². The highest BCUT2D eigenvalue weighted by atomic mass is 16.4. The maximum absolute atomic E-state index is 12.0. The van der Waals surface area contributed by atoms with Crippen molar-refractivity contribution in [2.45, 2.75) is 32.7 Å². The molecule has 0 saturated heterocycles. The van der Waals surface area contributed by atoms with Gasteiger partial charge in [-0.3, -0.25) is 4.79 Å². The fourth-order valence-electron chi connectivity index (χ4n) is 2.18. The van der Waals surface area contributed by atoms with Crippen molar-refractivity contribution >= 4 is 0 Å². The fraction of sp³-hybridized carbons (Fsp3) is 0.278. The fourth-order valence-corrected chi connectivity index (χ4v) is 2.18. The summed E-state index contributed by atoms with van der Waals surface area (Å²) in [5.74, 6) is 1.27. The second-order valence-electron chi connectivity index (χ2n) is 6.45. The molecule has 0 unspecified atom stereocenters. The lowest BCUT2D eigenvalue weighted by Crippen LogP contribution is -2.23. The van der Waals surface area contributed by atoms with Gasteiger partial charge in [0.1, 0.15) is 12.3 Å². The Morgan fingerprint density at radius 1 is 1.09 bits per heavy atom. The highest BCUT2D eigenvalue weighted by molar-refractivity contribution is 5.57. The third kappa shape index (κ3) is 3.39. The van der Waals surface area contributed by atoms with Gasteiger partial charge in [0.05, 0.1) is 11.9 Å². The molecule has 3 rings (SSSR count). The molecule has 5 heteroatoms. The molecule has 0 aliphatic carbocycles. The largest absolute Gasteiger partial charge is 0.443 e. The van der Waals surface area contributed by atoms with Gasteiger partial charge < -0.3 is 4.42 Å². The van der Waals surface area contributed by atoms with Crippen LogP contribution in [0, 0.1) is 0 Å². The normalized spacial score (nSPS) is 11.6. The smallest absolute Gasteiger partial charge is 0.267 e. The molecule has 0 atom stereocenters. The summed E-state index contributed by atoms with van der Waals surface area (Å²) in [7, 11) is 0. The van der Waals surface area contributed by atoms with Crippen LogP contribution in [-0.2, 0) is 12.0 Å². The second kappa shape index (κ2) is 5.83. The first kappa shape index (κ1) is 15.2. The Bertz CT molecular complexity index is 858. The molecule has 0 saturated carbocycles. The van der Waals surface area contributed by atoms with Crippen molar-refractivity contribution in [2.24, 2.45) is 0 Å². The highest BCUT2D eigenvalue weighted by Crippen LogP contribution is 2.22. The van der Waals surface area contributed by atoms with E-state index in [1.54, 1.807) is 12.3 Å². The summed E-state index contributed by atoms with van der Waals surface area (Å²) in [5.41, 5.74) is 1.41. The van der Waals surface area contributed by atoms with Gasteiger partial charge in [0.2, 0.25) is 5.89 Å². The van der Waals surface area contributed by atoms with Gasteiger partial charge >= 0.3 is 0 Å². The Hall–Kier alpha value is -2.69. The lowest BCUT2D eigenvalue weighted by Gasteiger charge is -2.13. The molecule has 118 valence electrons. The predicted molar refractivity (Wildman–Crippen MR) is 88.2 cm³/mol. The summed E-state index contributed by atoms with van der Waals surface area (Å²) in [4.78, 5) is 16.3. The predicted octanol–water partition coefficient (Wildman–Crippen LogP) is 3.24. The van der Waals surface area contributed by atoms with Crippen LogP contribution in [0.5, 0.6) is 0 Å². The van der Waals surface area contributed by atoms with Crippen molar-refractivity contribution in [1.82, 2.24) is 14.8 Å². The number of hydrogen-bond acceptors (Lipinski definition) is 4. The monoisotopic (exact) mass is 309 g/mol. The van der Waals surface area contributed by atoms with Crippen LogP contribution in [0.25, 0.3) is 11.3 Å². The lowest BCUT2D eigenvalue weighted by atomic mass is 9.94. The van der Waals surface area contributed by atoms with Crippen LogP contribution in [0.4, 0.5) is 0 Å². The van der Waals surface area contributed by atoms with Gasteiger partial charge in [-0.15, -0.1) is 0 Å². The van der Waals surface area contributed by atoms with E-state index in [1.165, 1.54) is 10.7 Å². The number of hydrogen-bond donors (Lipinski definition) is 0. The van der Waals surface area contributed by atoms with Crippen LogP contribution in [0.2, 0.25) is 0 Å². The van der Waals surface area contributed by atoms with E-state index < -0.39 is 0 Å². The van der Waals surface area contributed by atoms with Gasteiger partial charge in [0.15, 0.2) is 0 Å². The molecule has 0 bridgehead atoms. The summed E-state index contributed by atoms with van der Waals surface area (Å²) in [6.07, 6.45) is 1.71. The van der Waals surface area contributed by atoms with Crippen molar-refractivity contribution in [2.75, 3.05) is 0 Å². The topological polar surface area (TPSA) is 60.9 Å². The molecule has 0 aliphatic heterocycles. The summed E-state index contributed by atoms with van der Waals surface area (Å²) < 4.78 is 7.12. The molecule has 2 heterocycles. The van der Waals surface area contributed by atoms with Gasteiger partial charge in [0, 0.05) is 17.0 Å². The molecule has 5 nitrogen and oxygen atoms in total. The third-order valence-electron chi connectivity index (χ3n) is 3.51. The van der Waals surface area contributed by atoms with E-state index in [0.29, 0.717) is 5.89 Å². The zero-order valence-corrected chi connectivity index (χ0v) is 13.5. The van der Waals surface area contributed by atoms with Gasteiger partial charge in [-0.1, -0.05) is 51.1 Å². The first-order chi connectivity index (χ1) is 10.9. The Balaban J connectivity index is 1.91. The average Bonchev–Trinajstić information content (AvgIpc) is 2.99. The maximum atomic E-state index is 12.0. The number of aromatic nitrogens is 3. The molecular weight excluding hydrogens is 290 g/mol. The SMILES string of the molecule is CC(C)(C)c1cnc(Cn2nc(-c3ccccc3)ccc2=O)o1. The van der Waals surface area contributed by atoms with Crippen molar-refractivity contribution in [3.05, 3.63) is 70.7 Å². The molecule has 0 aliphatic rings. The van der Waals surface area contributed by atoms with Crippen LogP contribution in [-0.4, -0.2) is 14.8 Å². The van der Waals surface area contributed by atoms with Crippen molar-refractivity contribution in [3.8, 4) is 11.3 Å². The minimum Gasteiger partial charge on any atom is -0.443 e. The van der Waals surface area contributed by atoms with Crippen LogP contribution in [0.3, 0.4) is 0 Å². The number of rotatable bonds is 3. The first-order valence-electron chi connectivity index (χ1n) is 7.52. The molecule has 1 aromatic carbocycles. The summed E-state index contributed by atoms with van der Waals surface area (Å²) in [6, 6.07) is 13.0. The van der Waals surface area contributed by atoms with E-state index in [1.807, 2.05) is 30.3 Å². The maximum Gasteiger partial charge on any atom is 0.267 e. The zero-order chi connectivity index (χ0) is 16.4. The lowest BCUT2D eigenvalue weighted by molar-refractivity contribution is 0.370. The first-order valence-corrected chi connectivity index (χ1v) is 7.52. The molecular formula is C18H19N3O2. The second-order valence-corrected chi connectivity index (χ2v) is 6.45. The van der Waals surface area contributed by atoms with E-state index in [0.717, 1.165) is 17.0 Å². The third-order valence-corrected chi connectivity index (χ3v) is 3.51. The van der Waals surface area contributed by atoms with Crippen molar-refractivity contribution < 1.29 is 4.42 Å². The van der Waals surface area contributed by atoms with E-state index >= 15 is 0 Å². The molecule has 23 heavy (non-hydrogen) atoms. The molecule has 0 radical (unpaired) electrons. The molecule has 0 amide bonds. The molecule has 0 N–H and O–H groups in total. The number of benzene rings is 1. The van der Waals surface area contributed by atoms with Gasteiger partial charge in [0.25, 0.3) is 5.56 Å². The van der Waals surface area contributed by atoms with Crippen molar-refractivity contribution in [3.63, 3.8) is 0 Å². The molecule has 2 aromatic heterocycles. The van der Waals surface area contributed by atoms with Crippen LogP contribution in [0.15, 0.2) is 57.9 Å². The Labute approximate surface area is 134 Å². The molecule has 0 fully saturated rings. The van der Waals surface area contributed by atoms with E-state index in [2.05, 4.69) is 30.9 Å². The Morgan fingerprint density at radius 3 is 2.48 bits per heavy atom. The van der Waals surface area contributed by atoms with Crippen LogP contribution < -0.4 is 5.56 Å². The summed E-state index contributed by atoms with van der Waals surface area (Å²) in [5, 5.41) is 4.41. The van der Waals surface area contributed by atoms with Crippen molar-refractivity contribution in [1.29, 1.82) is 0 Å². The van der Waals surface area contributed by atoms with Crippen LogP contribution >= 0.6 is 0 Å². The number of oxazole rings is 1. The average molecular weight is 309 g/mol. The summed E-state index contributed by atoms with van der Waals surface area (Å²) in [6.45, 7) is 6.38. The molecule has 0 spiro atoms. The standard InChI is InChI=1S/C18H19N3O2/c1-18(2,3)15-11-19-16(23-15)12-21-17(22)10-9-14(20-21)13-7-5-4-6-8-13/h4-11H,12H2,1-3H3. The zero-order valence-electron chi connectivity index (χ0n) is 13.5. The number of nitrogens with zero attached hydrogens (tertiary/aromatic N) is 3. The highest BCUT2D eigenvalue weighted by Gasteiger charge is 2.19. The van der Waals surface area contributed by atoms with E-state index in [-0.39, 0.29) is 17.5 Å². The Kier molecular flexibility index (Phi) is 3.86. The van der Waals surface area contributed by atoms with Gasteiger partial charge in [-0.25, -0.2) is 9.67 Å². The Morgan fingerprint density at radius 2 is 1.83 bits per heavy atom. The van der Waals surface area contributed by atoms with E-state index in [9.17, 15) is 4.79 Å². The van der Waals surface area contributed by atoms with Crippen LogP contribution in [0.1, 0.15) is 32.4 Å². The summed E-state index contributed by atoms with van der Waals surface area (Å²) >= 11 is 0. The van der Waals surface area contributed by atoms with E-state index in [4.69, 9.17) is 4.42 Å². The van der Waals surface area contributed by atoms with Gasteiger partial charge in [-0.2, -0.15) is 5.10 Å².